The van der Waals surface area contributed by atoms with E-state index < -0.39 is 11.7 Å². The van der Waals surface area contributed by atoms with Gasteiger partial charge in [0, 0.05) is 54.3 Å². The second kappa shape index (κ2) is 7.38. The maximum atomic E-state index is 12.1. The average Bonchev–Trinajstić information content (AvgIpc) is 3.07. The van der Waals surface area contributed by atoms with Gasteiger partial charge >= 0.3 is 6.09 Å². The number of amidine groups is 1. The number of aromatic nitrogens is 2. The standard InChI is InChI=1S/C19H26N6O2/c1-19(2,3)27-18(26)24-13-5-4-8-25(11-13)16(21)15-12(9-20)10-23-17-14(15)6-7-22-17/h6-7,9-10,13,20-21H,4-5,8,11H2,1-3H3,(H,22,23)(H,24,26). The summed E-state index contributed by atoms with van der Waals surface area (Å²) in [6, 6.07) is 1.79. The van der Waals surface area contributed by atoms with Crippen LogP contribution in [0.15, 0.2) is 18.5 Å². The van der Waals surface area contributed by atoms with E-state index in [1.54, 1.807) is 12.4 Å². The number of hydrogen-bond donors (Lipinski definition) is 4. The molecular weight excluding hydrogens is 344 g/mol. The second-order valence-corrected chi connectivity index (χ2v) is 7.75. The third-order valence-electron chi connectivity index (χ3n) is 4.47. The van der Waals surface area contributed by atoms with Gasteiger partial charge in [0.05, 0.1) is 0 Å². The van der Waals surface area contributed by atoms with Crippen molar-refractivity contribution in [2.24, 2.45) is 0 Å². The fraction of sp³-hybridized carbons (Fsp3) is 0.474. The van der Waals surface area contributed by atoms with Gasteiger partial charge in [0.2, 0.25) is 0 Å². The van der Waals surface area contributed by atoms with Crippen LogP contribution in [0.5, 0.6) is 0 Å². The van der Waals surface area contributed by atoms with Crippen LogP contribution in [-0.4, -0.2) is 57.7 Å². The molecule has 8 heteroatoms. The molecule has 1 fully saturated rings. The molecule has 0 radical (unpaired) electrons. The summed E-state index contributed by atoms with van der Waals surface area (Å²) in [5, 5.41) is 20.1. The van der Waals surface area contributed by atoms with Gasteiger partial charge in [0.1, 0.15) is 17.1 Å². The van der Waals surface area contributed by atoms with Gasteiger partial charge in [-0.25, -0.2) is 9.78 Å². The Morgan fingerprint density at radius 2 is 2.26 bits per heavy atom. The van der Waals surface area contributed by atoms with E-state index in [2.05, 4.69) is 15.3 Å². The number of rotatable bonds is 3. The van der Waals surface area contributed by atoms with E-state index in [4.69, 9.17) is 15.6 Å². The van der Waals surface area contributed by atoms with Gasteiger partial charge in [-0.15, -0.1) is 0 Å². The molecule has 0 saturated carbocycles. The number of aromatic amines is 1. The molecule has 27 heavy (non-hydrogen) atoms. The Morgan fingerprint density at radius 3 is 2.96 bits per heavy atom. The van der Waals surface area contributed by atoms with E-state index in [-0.39, 0.29) is 6.04 Å². The van der Waals surface area contributed by atoms with Crippen molar-refractivity contribution in [3.63, 3.8) is 0 Å². The Bertz CT molecular complexity index is 867. The third kappa shape index (κ3) is 4.27. The van der Waals surface area contributed by atoms with Crippen LogP contribution >= 0.6 is 0 Å². The van der Waals surface area contributed by atoms with Gasteiger partial charge in [-0.05, 0) is 39.7 Å². The molecule has 0 bridgehead atoms. The molecule has 0 aromatic carbocycles. The summed E-state index contributed by atoms with van der Waals surface area (Å²) in [6.45, 7) is 6.76. The fourth-order valence-electron chi connectivity index (χ4n) is 3.33. The smallest absolute Gasteiger partial charge is 0.407 e. The van der Waals surface area contributed by atoms with Gasteiger partial charge in [-0.1, -0.05) is 0 Å². The number of ether oxygens (including phenoxy) is 1. The van der Waals surface area contributed by atoms with Crippen molar-refractivity contribution in [3.8, 4) is 0 Å². The van der Waals surface area contributed by atoms with E-state index >= 15 is 0 Å². The van der Waals surface area contributed by atoms with Crippen LogP contribution in [0.2, 0.25) is 0 Å². The molecule has 2 aromatic rings. The lowest BCUT2D eigenvalue weighted by molar-refractivity contribution is 0.0486. The zero-order chi connectivity index (χ0) is 19.6. The van der Waals surface area contributed by atoms with Crippen molar-refractivity contribution < 1.29 is 9.53 Å². The van der Waals surface area contributed by atoms with Crippen LogP contribution in [0.4, 0.5) is 4.79 Å². The Balaban J connectivity index is 1.77. The molecule has 4 N–H and O–H groups in total. The average molecular weight is 370 g/mol. The van der Waals surface area contributed by atoms with Crippen LogP contribution in [-0.2, 0) is 4.74 Å². The first-order valence-corrected chi connectivity index (χ1v) is 9.08. The molecule has 0 spiro atoms. The first-order valence-electron chi connectivity index (χ1n) is 9.08. The predicted octanol–water partition coefficient (Wildman–Crippen LogP) is 2.88. The van der Waals surface area contributed by atoms with Gasteiger partial charge in [0.15, 0.2) is 0 Å². The summed E-state index contributed by atoms with van der Waals surface area (Å²) in [5.41, 5.74) is 1.45. The number of carbonyl (C=O) groups is 1. The van der Waals surface area contributed by atoms with Crippen LogP contribution in [0.1, 0.15) is 44.7 Å². The first kappa shape index (κ1) is 18.9. The molecule has 1 saturated heterocycles. The van der Waals surface area contributed by atoms with Gasteiger partial charge in [-0.2, -0.15) is 0 Å². The summed E-state index contributed by atoms with van der Waals surface area (Å²) in [4.78, 5) is 21.4. The molecule has 1 amide bonds. The number of piperidine rings is 1. The monoisotopic (exact) mass is 370 g/mol. The molecule has 2 aromatic heterocycles. The maximum Gasteiger partial charge on any atom is 0.407 e. The topological polar surface area (TPSA) is 118 Å². The number of likely N-dealkylation sites (tertiary alicyclic amines) is 1. The lowest BCUT2D eigenvalue weighted by Crippen LogP contribution is -2.50. The summed E-state index contributed by atoms with van der Waals surface area (Å²) < 4.78 is 5.34. The lowest BCUT2D eigenvalue weighted by atomic mass is 10.0. The summed E-state index contributed by atoms with van der Waals surface area (Å²) >= 11 is 0. The Morgan fingerprint density at radius 1 is 1.48 bits per heavy atom. The number of carbonyl (C=O) groups excluding carboxylic acids is 1. The summed E-state index contributed by atoms with van der Waals surface area (Å²) in [7, 11) is 0. The van der Waals surface area contributed by atoms with Crippen molar-refractivity contribution >= 4 is 29.2 Å². The quantitative estimate of drug-likeness (QED) is 0.491. The number of nitrogens with one attached hydrogen (secondary N) is 4. The Labute approximate surface area is 158 Å². The van der Waals surface area contributed by atoms with E-state index in [1.165, 1.54) is 6.21 Å². The fourth-order valence-corrected chi connectivity index (χ4v) is 3.33. The highest BCUT2D eigenvalue weighted by atomic mass is 16.6. The molecule has 1 unspecified atom stereocenters. The lowest BCUT2D eigenvalue weighted by Gasteiger charge is -2.35. The van der Waals surface area contributed by atoms with Gasteiger partial charge in [0.25, 0.3) is 0 Å². The number of fused-ring (bicyclic) bond motifs is 1. The highest BCUT2D eigenvalue weighted by Crippen LogP contribution is 2.23. The van der Waals surface area contributed by atoms with Gasteiger partial charge in [-0.3, -0.25) is 5.41 Å². The van der Waals surface area contributed by atoms with E-state index in [0.29, 0.717) is 29.2 Å². The highest BCUT2D eigenvalue weighted by molar-refractivity contribution is 6.12. The number of H-pyrrole nitrogens is 1. The minimum absolute atomic E-state index is 0.0825. The molecule has 3 heterocycles. The molecule has 8 nitrogen and oxygen atoms in total. The van der Waals surface area contributed by atoms with Crippen molar-refractivity contribution in [2.75, 3.05) is 13.1 Å². The molecule has 0 aliphatic carbocycles. The second-order valence-electron chi connectivity index (χ2n) is 7.75. The van der Waals surface area contributed by atoms with Crippen LogP contribution in [0.25, 0.3) is 11.0 Å². The zero-order valence-corrected chi connectivity index (χ0v) is 15.9. The molecule has 1 atom stereocenters. The first-order chi connectivity index (χ1) is 12.8. The third-order valence-corrected chi connectivity index (χ3v) is 4.47. The zero-order valence-electron chi connectivity index (χ0n) is 15.9. The molecule has 3 rings (SSSR count). The number of pyridine rings is 1. The van der Waals surface area contributed by atoms with E-state index in [0.717, 1.165) is 24.8 Å². The SMILES string of the molecule is CC(C)(C)OC(=O)NC1CCCN(C(=N)c2c(C=N)cnc3[nH]ccc23)C1. The normalized spacial score (nSPS) is 17.6. The van der Waals surface area contributed by atoms with Crippen LogP contribution in [0, 0.1) is 10.8 Å². The molecular formula is C19H26N6O2. The predicted molar refractivity (Wildman–Crippen MR) is 105 cm³/mol. The van der Waals surface area contributed by atoms with E-state index in [1.807, 2.05) is 31.7 Å². The van der Waals surface area contributed by atoms with Crippen LogP contribution < -0.4 is 5.32 Å². The number of hydrogen-bond acceptors (Lipinski definition) is 5. The number of alkyl carbamates (subject to hydrolysis) is 1. The molecule has 1 aliphatic rings. The van der Waals surface area contributed by atoms with E-state index in [9.17, 15) is 4.79 Å². The minimum atomic E-state index is -0.541. The molecule has 144 valence electrons. The highest BCUT2D eigenvalue weighted by Gasteiger charge is 2.27. The van der Waals surface area contributed by atoms with Crippen molar-refractivity contribution in [1.29, 1.82) is 10.8 Å². The molecule has 1 aliphatic heterocycles. The maximum absolute atomic E-state index is 12.1. The summed E-state index contributed by atoms with van der Waals surface area (Å²) in [6.07, 6.45) is 5.89. The number of nitrogens with zero attached hydrogens (tertiary/aromatic N) is 2. The Kier molecular flexibility index (Phi) is 5.16. The largest absolute Gasteiger partial charge is 0.444 e. The van der Waals surface area contributed by atoms with Crippen molar-refractivity contribution in [3.05, 3.63) is 29.6 Å². The minimum Gasteiger partial charge on any atom is -0.444 e. The Hall–Kier alpha value is -2.90. The van der Waals surface area contributed by atoms with Crippen molar-refractivity contribution in [1.82, 2.24) is 20.2 Å². The number of amides is 1. The summed E-state index contributed by atoms with van der Waals surface area (Å²) in [5.74, 6) is 0.344. The van der Waals surface area contributed by atoms with Gasteiger partial charge < -0.3 is 25.3 Å². The van der Waals surface area contributed by atoms with Crippen LogP contribution in [0.3, 0.4) is 0 Å². The van der Waals surface area contributed by atoms with Crippen molar-refractivity contribution in [2.45, 2.75) is 45.3 Å².